The quantitative estimate of drug-likeness (QED) is 0.853. The molecule has 1 aromatic heterocycles. The van der Waals surface area contributed by atoms with Crippen LogP contribution < -0.4 is 4.74 Å². The number of hydrogen-bond donors (Lipinski definition) is 0. The van der Waals surface area contributed by atoms with E-state index in [0.29, 0.717) is 6.20 Å². The Morgan fingerprint density at radius 3 is 2.09 bits per heavy atom. The molecule has 0 aliphatic rings. The molecule has 0 atom stereocenters. The molecule has 2 rings (SSSR count). The van der Waals surface area contributed by atoms with Gasteiger partial charge < -0.3 is 4.74 Å². The fourth-order valence-corrected chi connectivity index (χ4v) is 2.52. The van der Waals surface area contributed by atoms with Crippen LogP contribution in [0.2, 0.25) is 0 Å². The molecule has 0 radical (unpaired) electrons. The second kappa shape index (κ2) is 6.17. The molecule has 0 saturated heterocycles. The van der Waals surface area contributed by atoms with E-state index >= 15 is 0 Å². The summed E-state index contributed by atoms with van der Waals surface area (Å²) in [6, 6.07) is 7.43. The Bertz CT molecular complexity index is 770. The molecular weight excluding hydrogens is 333 g/mol. The Labute approximate surface area is 131 Å². The molecule has 0 N–H and O–H groups in total. The van der Waals surface area contributed by atoms with Gasteiger partial charge in [0.05, 0.1) is 10.5 Å². The van der Waals surface area contributed by atoms with Gasteiger partial charge in [0.15, 0.2) is 0 Å². The van der Waals surface area contributed by atoms with Crippen molar-refractivity contribution >= 4 is 10.0 Å². The van der Waals surface area contributed by atoms with Crippen LogP contribution in [0.3, 0.4) is 0 Å². The van der Waals surface area contributed by atoms with Gasteiger partial charge in [0.25, 0.3) is 0 Å². The third-order valence-electron chi connectivity index (χ3n) is 2.89. The summed E-state index contributed by atoms with van der Waals surface area (Å²) in [5.74, 6) is 0.233. The van der Waals surface area contributed by atoms with Crippen LogP contribution in [0.5, 0.6) is 11.6 Å². The zero-order chi connectivity index (χ0) is 17.3. The van der Waals surface area contributed by atoms with E-state index in [1.165, 1.54) is 38.4 Å². The minimum absolute atomic E-state index is 0.0267. The fourth-order valence-electron chi connectivity index (χ4n) is 1.62. The number of sulfonamides is 1. The summed E-state index contributed by atoms with van der Waals surface area (Å²) >= 11 is 0. The van der Waals surface area contributed by atoms with Crippen LogP contribution in [0, 0.1) is 0 Å². The number of aromatic nitrogens is 1. The van der Waals surface area contributed by atoms with E-state index < -0.39 is 21.8 Å². The standard InChI is InChI=1S/C14H13F3N2O3S/c1-19(2)23(20,21)12-6-4-11(5-7-12)22-13-8-3-10(9-18-13)14(15,16)17/h3-9H,1-2H3. The monoisotopic (exact) mass is 346 g/mol. The summed E-state index contributed by atoms with van der Waals surface area (Å²) in [7, 11) is -0.734. The molecule has 0 amide bonds. The van der Waals surface area contributed by atoms with Gasteiger partial charge >= 0.3 is 6.18 Å². The summed E-state index contributed by atoms with van der Waals surface area (Å²) in [6.07, 6.45) is -3.80. The number of rotatable bonds is 4. The number of nitrogens with zero attached hydrogens (tertiary/aromatic N) is 2. The number of hydrogen-bond acceptors (Lipinski definition) is 4. The Morgan fingerprint density at radius 2 is 1.65 bits per heavy atom. The first kappa shape index (κ1) is 17.2. The Morgan fingerprint density at radius 1 is 1.04 bits per heavy atom. The topological polar surface area (TPSA) is 59.5 Å². The van der Waals surface area contributed by atoms with Gasteiger partial charge in [0.2, 0.25) is 15.9 Å². The Kier molecular flexibility index (Phi) is 4.62. The van der Waals surface area contributed by atoms with Crippen molar-refractivity contribution < 1.29 is 26.3 Å². The van der Waals surface area contributed by atoms with Gasteiger partial charge in [-0.1, -0.05) is 0 Å². The van der Waals surface area contributed by atoms with E-state index in [2.05, 4.69) is 4.98 Å². The lowest BCUT2D eigenvalue weighted by atomic mass is 10.3. The maximum absolute atomic E-state index is 12.4. The molecule has 0 aliphatic heterocycles. The van der Waals surface area contributed by atoms with Crippen molar-refractivity contribution in [3.63, 3.8) is 0 Å². The average molecular weight is 346 g/mol. The molecule has 0 fully saturated rings. The van der Waals surface area contributed by atoms with Crippen molar-refractivity contribution in [3.8, 4) is 11.6 Å². The minimum Gasteiger partial charge on any atom is -0.439 e. The van der Waals surface area contributed by atoms with Crippen LogP contribution in [0.1, 0.15) is 5.56 Å². The van der Waals surface area contributed by atoms with E-state index in [4.69, 9.17) is 4.74 Å². The first-order valence-corrected chi connectivity index (χ1v) is 7.78. The molecular formula is C14H13F3N2O3S. The van der Waals surface area contributed by atoms with Crippen LogP contribution in [-0.4, -0.2) is 31.8 Å². The predicted octanol–water partition coefficient (Wildman–Crippen LogP) is 3.14. The van der Waals surface area contributed by atoms with Gasteiger partial charge in [-0.3, -0.25) is 0 Å². The largest absolute Gasteiger partial charge is 0.439 e. The molecule has 2 aromatic rings. The molecule has 0 spiro atoms. The van der Waals surface area contributed by atoms with Crippen LogP contribution in [0.25, 0.3) is 0 Å². The van der Waals surface area contributed by atoms with Crippen LogP contribution in [-0.2, 0) is 16.2 Å². The van der Waals surface area contributed by atoms with Crippen molar-refractivity contribution in [2.75, 3.05) is 14.1 Å². The zero-order valence-electron chi connectivity index (χ0n) is 12.2. The van der Waals surface area contributed by atoms with Crippen LogP contribution >= 0.6 is 0 Å². The molecule has 0 unspecified atom stereocenters. The molecule has 124 valence electrons. The second-order valence-corrected chi connectivity index (χ2v) is 6.90. The zero-order valence-corrected chi connectivity index (χ0v) is 13.0. The highest BCUT2D eigenvalue weighted by Crippen LogP contribution is 2.30. The summed E-state index contributed by atoms with van der Waals surface area (Å²) < 4.78 is 67.4. The van der Waals surface area contributed by atoms with Gasteiger partial charge in [-0.25, -0.2) is 17.7 Å². The lowest BCUT2D eigenvalue weighted by molar-refractivity contribution is -0.137. The highest BCUT2D eigenvalue weighted by molar-refractivity contribution is 7.89. The van der Waals surface area contributed by atoms with Crippen molar-refractivity contribution in [2.24, 2.45) is 0 Å². The van der Waals surface area contributed by atoms with E-state index in [-0.39, 0.29) is 16.5 Å². The first-order valence-electron chi connectivity index (χ1n) is 6.34. The van der Waals surface area contributed by atoms with Crippen LogP contribution in [0.4, 0.5) is 13.2 Å². The number of alkyl halides is 3. The Hall–Kier alpha value is -2.13. The van der Waals surface area contributed by atoms with E-state index in [1.54, 1.807) is 0 Å². The van der Waals surface area contributed by atoms with E-state index in [1.807, 2.05) is 0 Å². The fraction of sp³-hybridized carbons (Fsp3) is 0.214. The van der Waals surface area contributed by atoms with Gasteiger partial charge in [0, 0.05) is 26.4 Å². The lowest BCUT2D eigenvalue weighted by Crippen LogP contribution is -2.22. The Balaban J connectivity index is 2.16. The highest BCUT2D eigenvalue weighted by Gasteiger charge is 2.30. The normalized spacial score (nSPS) is 12.4. The summed E-state index contributed by atoms with van der Waals surface area (Å²) in [5.41, 5.74) is -0.878. The number of pyridine rings is 1. The molecule has 0 bridgehead atoms. The molecule has 1 aromatic carbocycles. The average Bonchev–Trinajstić information content (AvgIpc) is 2.47. The summed E-state index contributed by atoms with van der Waals surface area (Å²) in [4.78, 5) is 3.65. The van der Waals surface area contributed by atoms with Gasteiger partial charge in [-0.15, -0.1) is 0 Å². The highest BCUT2D eigenvalue weighted by atomic mass is 32.2. The van der Waals surface area contributed by atoms with Crippen molar-refractivity contribution in [1.29, 1.82) is 0 Å². The molecule has 23 heavy (non-hydrogen) atoms. The molecule has 0 aliphatic carbocycles. The summed E-state index contributed by atoms with van der Waals surface area (Å²) in [5, 5.41) is 0. The van der Waals surface area contributed by atoms with E-state index in [9.17, 15) is 21.6 Å². The van der Waals surface area contributed by atoms with Crippen LogP contribution in [0.15, 0.2) is 47.5 Å². The van der Waals surface area contributed by atoms with Crippen molar-refractivity contribution in [3.05, 3.63) is 48.2 Å². The van der Waals surface area contributed by atoms with Gasteiger partial charge in [-0.2, -0.15) is 13.2 Å². The molecule has 5 nitrogen and oxygen atoms in total. The lowest BCUT2D eigenvalue weighted by Gasteiger charge is -2.12. The van der Waals surface area contributed by atoms with Gasteiger partial charge in [-0.05, 0) is 30.3 Å². The smallest absolute Gasteiger partial charge is 0.417 e. The maximum Gasteiger partial charge on any atom is 0.417 e. The molecule has 1 heterocycles. The van der Waals surface area contributed by atoms with Gasteiger partial charge in [0.1, 0.15) is 5.75 Å². The number of halogens is 3. The maximum atomic E-state index is 12.4. The third-order valence-corrected chi connectivity index (χ3v) is 4.72. The second-order valence-electron chi connectivity index (χ2n) is 4.74. The van der Waals surface area contributed by atoms with Crippen molar-refractivity contribution in [1.82, 2.24) is 9.29 Å². The summed E-state index contributed by atoms with van der Waals surface area (Å²) in [6.45, 7) is 0. The predicted molar refractivity (Wildman–Crippen MR) is 76.6 cm³/mol. The molecule has 9 heteroatoms. The molecule has 0 saturated carbocycles. The SMILES string of the molecule is CN(C)S(=O)(=O)c1ccc(Oc2ccc(C(F)(F)F)cn2)cc1. The van der Waals surface area contributed by atoms with Crippen molar-refractivity contribution in [2.45, 2.75) is 11.1 Å². The van der Waals surface area contributed by atoms with E-state index in [0.717, 1.165) is 16.4 Å². The third kappa shape index (κ3) is 3.99. The first-order chi connectivity index (χ1) is 10.6. The minimum atomic E-state index is -4.46. The number of ether oxygens (including phenoxy) is 1. The number of benzene rings is 1.